The van der Waals surface area contributed by atoms with Crippen LogP contribution in [0.2, 0.25) is 0 Å². The zero-order valence-corrected chi connectivity index (χ0v) is 8.56. The van der Waals surface area contributed by atoms with E-state index in [1.807, 2.05) is 6.92 Å². The molecule has 1 nitrogen and oxygen atoms in total. The maximum absolute atomic E-state index is 3.59. The number of rotatable bonds is 2. The summed E-state index contributed by atoms with van der Waals surface area (Å²) in [5.74, 6) is 0. The van der Waals surface area contributed by atoms with Gasteiger partial charge in [0.25, 0.3) is 0 Å². The molecule has 8 heavy (non-hydrogen) atoms. The topological polar surface area (TPSA) is 12.4 Å². The Balaban J connectivity index is 0. The number of nitrogens with zero attached hydrogens (tertiary/aromatic N) is 1. The van der Waals surface area contributed by atoms with Gasteiger partial charge in [0.05, 0.1) is 0 Å². The molecule has 0 radical (unpaired) electrons. The van der Waals surface area contributed by atoms with Gasteiger partial charge < -0.3 is 4.99 Å². The van der Waals surface area contributed by atoms with Crippen molar-refractivity contribution in [3.05, 3.63) is 24.9 Å². The first-order valence-electron chi connectivity index (χ1n) is 1.99. The van der Waals surface area contributed by atoms with Gasteiger partial charge in [0.15, 0.2) is 0 Å². The van der Waals surface area contributed by atoms with Crippen molar-refractivity contribution in [3.8, 4) is 0 Å². The van der Waals surface area contributed by atoms with E-state index in [1.54, 1.807) is 0 Å². The van der Waals surface area contributed by atoms with Gasteiger partial charge in [0.1, 0.15) is 0 Å². The van der Waals surface area contributed by atoms with Crippen LogP contribution in [0.4, 0.5) is 0 Å². The molecule has 0 aromatic carbocycles. The quantitative estimate of drug-likeness (QED) is 0.251. The molecule has 0 saturated carbocycles. The van der Waals surface area contributed by atoms with Gasteiger partial charge in [-0.15, -0.1) is 6.58 Å². The third kappa shape index (κ3) is 9.92. The molecule has 0 aromatic heterocycles. The van der Waals surface area contributed by atoms with Crippen LogP contribution in [0.3, 0.4) is 0 Å². The molecule has 0 saturated heterocycles. The SMILES string of the molecule is C=CN=[C-]C(=C)C.[K+]. The van der Waals surface area contributed by atoms with Gasteiger partial charge in [0.2, 0.25) is 0 Å². The molecule has 0 N–H and O–H groups in total. The summed E-state index contributed by atoms with van der Waals surface area (Å²) in [7, 11) is 0. The molecule has 0 aliphatic carbocycles. The van der Waals surface area contributed by atoms with Crippen LogP contribution in [0.5, 0.6) is 0 Å². The number of aliphatic imine (C=N–C) groups is 1. The average molecular weight is 133 g/mol. The fourth-order valence-corrected chi connectivity index (χ4v) is 0.156. The maximum Gasteiger partial charge on any atom is 1.00 e. The van der Waals surface area contributed by atoms with E-state index in [9.17, 15) is 0 Å². The molecule has 0 amide bonds. The van der Waals surface area contributed by atoms with E-state index in [2.05, 4.69) is 24.4 Å². The van der Waals surface area contributed by atoms with Crippen molar-refractivity contribution in [1.82, 2.24) is 0 Å². The molecule has 0 aliphatic heterocycles. The smallest absolute Gasteiger partial charge is 0.394 e. The molecular weight excluding hydrogens is 125 g/mol. The number of hydrogen-bond acceptors (Lipinski definition) is 1. The summed E-state index contributed by atoms with van der Waals surface area (Å²) in [6, 6.07) is 0. The summed E-state index contributed by atoms with van der Waals surface area (Å²) >= 11 is 0. The van der Waals surface area contributed by atoms with Crippen LogP contribution in [0.1, 0.15) is 6.92 Å². The Labute approximate surface area is 93.0 Å². The molecule has 38 valence electrons. The van der Waals surface area contributed by atoms with Crippen LogP contribution in [0.15, 0.2) is 29.9 Å². The standard InChI is InChI=1S/C6H8N.K/c1-4-7-5-6(2)3;/h4H,1-2H2,3H3;/q-1;+1. The van der Waals surface area contributed by atoms with Crippen LogP contribution in [-0.4, -0.2) is 6.21 Å². The summed E-state index contributed by atoms with van der Waals surface area (Å²) in [5.41, 5.74) is 0.819. The Kier molecular flexibility index (Phi) is 11.3. The molecule has 0 aromatic rings. The van der Waals surface area contributed by atoms with Crippen molar-refractivity contribution in [2.75, 3.05) is 0 Å². The van der Waals surface area contributed by atoms with E-state index in [1.165, 1.54) is 6.20 Å². The Morgan fingerprint density at radius 1 is 1.75 bits per heavy atom. The van der Waals surface area contributed by atoms with Crippen molar-refractivity contribution in [1.29, 1.82) is 0 Å². The summed E-state index contributed by atoms with van der Waals surface area (Å²) in [6.07, 6.45) is 4.03. The summed E-state index contributed by atoms with van der Waals surface area (Å²) < 4.78 is 0. The fourth-order valence-electron chi connectivity index (χ4n) is 0.156. The Morgan fingerprint density at radius 3 is 2.38 bits per heavy atom. The fraction of sp³-hybridized carbons (Fsp3) is 0.167. The zero-order valence-electron chi connectivity index (χ0n) is 5.44. The first-order chi connectivity index (χ1) is 3.27. The van der Waals surface area contributed by atoms with Crippen molar-refractivity contribution < 1.29 is 51.4 Å². The van der Waals surface area contributed by atoms with Gasteiger partial charge in [0, 0.05) is 0 Å². The summed E-state index contributed by atoms with van der Waals surface area (Å²) in [4.78, 5) is 3.59. The minimum Gasteiger partial charge on any atom is -0.394 e. The number of hydrogen-bond donors (Lipinski definition) is 0. The third-order valence-electron chi connectivity index (χ3n) is 0.347. The monoisotopic (exact) mass is 133 g/mol. The number of allylic oxidation sites excluding steroid dienone is 1. The van der Waals surface area contributed by atoms with E-state index in [0.29, 0.717) is 0 Å². The molecule has 0 spiro atoms. The Morgan fingerprint density at radius 2 is 2.25 bits per heavy atom. The minimum absolute atomic E-state index is 0. The first-order valence-corrected chi connectivity index (χ1v) is 1.99. The molecule has 0 heterocycles. The normalized spacial score (nSPS) is 8.12. The Bertz CT molecular complexity index is 105. The Hall–Kier alpha value is 0.786. The van der Waals surface area contributed by atoms with E-state index in [0.717, 1.165) is 5.57 Å². The first kappa shape index (κ1) is 11.6. The second-order valence-electron chi connectivity index (χ2n) is 1.20. The summed E-state index contributed by atoms with van der Waals surface area (Å²) in [6.45, 7) is 8.73. The van der Waals surface area contributed by atoms with Crippen LogP contribution in [-0.2, 0) is 0 Å². The molecule has 0 bridgehead atoms. The van der Waals surface area contributed by atoms with Gasteiger partial charge in [-0.25, -0.2) is 0 Å². The molecule has 0 fully saturated rings. The van der Waals surface area contributed by atoms with Crippen LogP contribution in [0, 0.1) is 0 Å². The minimum atomic E-state index is 0. The molecule has 0 atom stereocenters. The second kappa shape index (κ2) is 7.79. The van der Waals surface area contributed by atoms with Crippen molar-refractivity contribution in [3.63, 3.8) is 0 Å². The van der Waals surface area contributed by atoms with Gasteiger partial charge in [-0.1, -0.05) is 19.3 Å². The van der Waals surface area contributed by atoms with Crippen LogP contribution >= 0.6 is 0 Å². The van der Waals surface area contributed by atoms with Crippen molar-refractivity contribution in [2.24, 2.45) is 4.99 Å². The zero-order chi connectivity index (χ0) is 5.70. The second-order valence-corrected chi connectivity index (χ2v) is 1.20. The van der Waals surface area contributed by atoms with Crippen LogP contribution in [0.25, 0.3) is 0 Å². The van der Waals surface area contributed by atoms with Crippen LogP contribution < -0.4 is 51.4 Å². The predicted molar refractivity (Wildman–Crippen MR) is 32.4 cm³/mol. The van der Waals surface area contributed by atoms with Gasteiger partial charge in [-0.3, -0.25) is 0 Å². The van der Waals surface area contributed by atoms with Gasteiger partial charge in [-0.05, 0) is 0 Å². The van der Waals surface area contributed by atoms with Gasteiger partial charge >= 0.3 is 51.4 Å². The largest absolute Gasteiger partial charge is 1.00 e. The molecule has 0 unspecified atom stereocenters. The van der Waals surface area contributed by atoms with E-state index in [4.69, 9.17) is 0 Å². The molecule has 2 heteroatoms. The molecular formula is C6H8KN. The van der Waals surface area contributed by atoms with Crippen molar-refractivity contribution >= 4 is 6.21 Å². The average Bonchev–Trinajstić information content (AvgIpc) is 1.61. The predicted octanol–water partition coefficient (Wildman–Crippen LogP) is -1.34. The van der Waals surface area contributed by atoms with E-state index < -0.39 is 0 Å². The van der Waals surface area contributed by atoms with E-state index in [-0.39, 0.29) is 51.4 Å². The molecule has 0 rings (SSSR count). The third-order valence-corrected chi connectivity index (χ3v) is 0.347. The maximum atomic E-state index is 3.59. The summed E-state index contributed by atoms with van der Waals surface area (Å²) in [5, 5.41) is 0. The molecule has 0 aliphatic rings. The van der Waals surface area contributed by atoms with E-state index >= 15 is 0 Å². The van der Waals surface area contributed by atoms with Crippen molar-refractivity contribution in [2.45, 2.75) is 6.92 Å². The van der Waals surface area contributed by atoms with Gasteiger partial charge in [-0.2, -0.15) is 12.2 Å².